The number of methoxy groups -OCH3 is 1. The number of hydrogen-bond donors (Lipinski definition) is 1. The summed E-state index contributed by atoms with van der Waals surface area (Å²) in [6.07, 6.45) is 0. The van der Waals surface area contributed by atoms with E-state index in [9.17, 15) is 4.79 Å². The highest BCUT2D eigenvalue weighted by Gasteiger charge is 2.34. The predicted octanol–water partition coefficient (Wildman–Crippen LogP) is 2.65. The molecule has 0 saturated heterocycles. The number of carbonyl (C=O) groups is 1. The Balaban J connectivity index is 3.08. The van der Waals surface area contributed by atoms with Crippen molar-refractivity contribution in [3.8, 4) is 0 Å². The first kappa shape index (κ1) is 12.1. The van der Waals surface area contributed by atoms with Gasteiger partial charge in [0.1, 0.15) is 0 Å². The normalized spacial score (nSPS) is 13.3. The van der Waals surface area contributed by atoms with Crippen molar-refractivity contribution < 1.29 is 9.53 Å². The molecule has 3 heteroatoms. The fourth-order valence-electron chi connectivity index (χ4n) is 1.60. The summed E-state index contributed by atoms with van der Waals surface area (Å²) >= 11 is 4.45. The summed E-state index contributed by atoms with van der Waals surface area (Å²) in [4.78, 5) is 11.7. The molecule has 0 aromatic heterocycles. The van der Waals surface area contributed by atoms with Crippen LogP contribution in [0.4, 0.5) is 0 Å². The zero-order valence-corrected chi connectivity index (χ0v) is 10.1. The lowest BCUT2D eigenvalue weighted by atomic mass is 9.88. The van der Waals surface area contributed by atoms with Crippen molar-refractivity contribution in [2.24, 2.45) is 0 Å². The maximum absolute atomic E-state index is 11.7. The summed E-state index contributed by atoms with van der Waals surface area (Å²) in [6, 6.07) is 9.57. The second kappa shape index (κ2) is 4.71. The van der Waals surface area contributed by atoms with E-state index in [1.807, 2.05) is 44.2 Å². The number of ether oxygens (including phenoxy) is 1. The third-order valence-corrected chi connectivity index (χ3v) is 2.53. The largest absolute Gasteiger partial charge is 0.469 e. The SMILES string of the molecule is COC(=O)C(c1ccccc1)C(C)(C)S. The van der Waals surface area contributed by atoms with Gasteiger partial charge in [0.25, 0.3) is 0 Å². The molecular formula is C12H16O2S. The minimum absolute atomic E-state index is 0.249. The van der Waals surface area contributed by atoms with Crippen LogP contribution < -0.4 is 0 Å². The molecule has 0 saturated carbocycles. The molecule has 0 aliphatic carbocycles. The molecule has 1 aromatic rings. The molecule has 0 aliphatic heterocycles. The molecule has 1 rings (SSSR count). The van der Waals surface area contributed by atoms with Gasteiger partial charge in [-0.25, -0.2) is 0 Å². The fourth-order valence-corrected chi connectivity index (χ4v) is 1.85. The van der Waals surface area contributed by atoms with Gasteiger partial charge < -0.3 is 4.74 Å². The summed E-state index contributed by atoms with van der Waals surface area (Å²) < 4.78 is 4.37. The van der Waals surface area contributed by atoms with Crippen LogP contribution in [0.3, 0.4) is 0 Å². The van der Waals surface area contributed by atoms with Gasteiger partial charge in [-0.15, -0.1) is 0 Å². The molecule has 1 aromatic carbocycles. The number of hydrogen-bond acceptors (Lipinski definition) is 3. The minimum Gasteiger partial charge on any atom is -0.469 e. The summed E-state index contributed by atoms with van der Waals surface area (Å²) in [5.74, 6) is -0.590. The molecule has 15 heavy (non-hydrogen) atoms. The number of rotatable bonds is 3. The first-order chi connectivity index (χ1) is 6.96. The lowest BCUT2D eigenvalue weighted by Crippen LogP contribution is -2.30. The number of benzene rings is 1. The van der Waals surface area contributed by atoms with Gasteiger partial charge in [0.2, 0.25) is 0 Å². The van der Waals surface area contributed by atoms with Crippen molar-refractivity contribution in [2.75, 3.05) is 7.11 Å². The third-order valence-electron chi connectivity index (χ3n) is 2.28. The van der Waals surface area contributed by atoms with E-state index < -0.39 is 4.75 Å². The van der Waals surface area contributed by atoms with Crippen LogP contribution in [0.15, 0.2) is 30.3 Å². The average Bonchev–Trinajstić information content (AvgIpc) is 2.17. The molecule has 82 valence electrons. The molecule has 0 amide bonds. The summed E-state index contributed by atoms with van der Waals surface area (Å²) in [5.41, 5.74) is 0.935. The topological polar surface area (TPSA) is 26.3 Å². The molecule has 0 fully saturated rings. The maximum atomic E-state index is 11.7. The Morgan fingerprint density at radius 2 is 1.87 bits per heavy atom. The van der Waals surface area contributed by atoms with E-state index in [-0.39, 0.29) is 11.9 Å². The Bertz CT molecular complexity index is 327. The van der Waals surface area contributed by atoms with E-state index in [0.717, 1.165) is 5.56 Å². The van der Waals surface area contributed by atoms with Crippen LogP contribution in [0.2, 0.25) is 0 Å². The van der Waals surface area contributed by atoms with Crippen LogP contribution in [0.25, 0.3) is 0 Å². The quantitative estimate of drug-likeness (QED) is 0.631. The molecule has 1 atom stereocenters. The van der Waals surface area contributed by atoms with Gasteiger partial charge in [-0.05, 0) is 19.4 Å². The van der Waals surface area contributed by atoms with E-state index in [1.165, 1.54) is 7.11 Å². The van der Waals surface area contributed by atoms with Crippen molar-refractivity contribution in [3.05, 3.63) is 35.9 Å². The monoisotopic (exact) mass is 224 g/mol. The minimum atomic E-state index is -0.436. The van der Waals surface area contributed by atoms with Crippen LogP contribution in [0.1, 0.15) is 25.3 Å². The zero-order valence-electron chi connectivity index (χ0n) is 9.23. The number of thiol groups is 1. The van der Waals surface area contributed by atoms with Gasteiger partial charge in [0.05, 0.1) is 13.0 Å². The molecule has 0 spiro atoms. The molecule has 0 bridgehead atoms. The van der Waals surface area contributed by atoms with Gasteiger partial charge in [-0.1, -0.05) is 30.3 Å². The summed E-state index contributed by atoms with van der Waals surface area (Å²) in [6.45, 7) is 3.81. The number of esters is 1. The Morgan fingerprint density at radius 1 is 1.33 bits per heavy atom. The molecular weight excluding hydrogens is 208 g/mol. The maximum Gasteiger partial charge on any atom is 0.314 e. The van der Waals surface area contributed by atoms with Crippen LogP contribution >= 0.6 is 12.6 Å². The van der Waals surface area contributed by atoms with Gasteiger partial charge in [0.15, 0.2) is 0 Å². The highest BCUT2D eigenvalue weighted by Crippen LogP contribution is 2.33. The average molecular weight is 224 g/mol. The van der Waals surface area contributed by atoms with Crippen molar-refractivity contribution in [1.82, 2.24) is 0 Å². The van der Waals surface area contributed by atoms with Gasteiger partial charge in [-0.2, -0.15) is 12.6 Å². The molecule has 0 radical (unpaired) electrons. The highest BCUT2D eigenvalue weighted by molar-refractivity contribution is 7.81. The van der Waals surface area contributed by atoms with E-state index in [4.69, 9.17) is 4.74 Å². The molecule has 0 N–H and O–H groups in total. The lowest BCUT2D eigenvalue weighted by molar-refractivity contribution is -0.143. The lowest BCUT2D eigenvalue weighted by Gasteiger charge is -2.27. The van der Waals surface area contributed by atoms with Gasteiger partial charge in [0, 0.05) is 4.75 Å². The zero-order chi connectivity index (χ0) is 11.5. The number of carbonyl (C=O) groups excluding carboxylic acids is 1. The first-order valence-electron chi connectivity index (χ1n) is 4.82. The Labute approximate surface area is 96.1 Å². The second-order valence-electron chi connectivity index (χ2n) is 4.02. The molecule has 0 aliphatic rings. The first-order valence-corrected chi connectivity index (χ1v) is 5.26. The Morgan fingerprint density at radius 3 is 2.27 bits per heavy atom. The van der Waals surface area contributed by atoms with E-state index in [1.54, 1.807) is 0 Å². The molecule has 1 unspecified atom stereocenters. The van der Waals surface area contributed by atoms with Gasteiger partial charge in [-0.3, -0.25) is 4.79 Å². The highest BCUT2D eigenvalue weighted by atomic mass is 32.1. The van der Waals surface area contributed by atoms with E-state index >= 15 is 0 Å². The van der Waals surface area contributed by atoms with Crippen molar-refractivity contribution in [2.45, 2.75) is 24.5 Å². The van der Waals surface area contributed by atoms with Crippen LogP contribution in [0.5, 0.6) is 0 Å². The van der Waals surface area contributed by atoms with Gasteiger partial charge >= 0.3 is 5.97 Å². The third kappa shape index (κ3) is 2.99. The molecule has 2 nitrogen and oxygen atoms in total. The van der Waals surface area contributed by atoms with Crippen LogP contribution in [-0.2, 0) is 9.53 Å². The Hall–Kier alpha value is -0.960. The summed E-state index contributed by atoms with van der Waals surface area (Å²) in [5, 5.41) is 0. The second-order valence-corrected chi connectivity index (χ2v) is 5.17. The standard InChI is InChI=1S/C12H16O2S/c1-12(2,15)10(11(13)14-3)9-7-5-4-6-8-9/h4-8,10,15H,1-3H3. The predicted molar refractivity (Wildman–Crippen MR) is 64.3 cm³/mol. The van der Waals surface area contributed by atoms with E-state index in [0.29, 0.717) is 0 Å². The van der Waals surface area contributed by atoms with Crippen molar-refractivity contribution in [3.63, 3.8) is 0 Å². The van der Waals surface area contributed by atoms with Crippen molar-refractivity contribution >= 4 is 18.6 Å². The van der Waals surface area contributed by atoms with Crippen LogP contribution in [0, 0.1) is 0 Å². The van der Waals surface area contributed by atoms with E-state index in [2.05, 4.69) is 12.6 Å². The van der Waals surface area contributed by atoms with Crippen LogP contribution in [-0.4, -0.2) is 17.8 Å². The Kier molecular flexibility index (Phi) is 3.80. The smallest absolute Gasteiger partial charge is 0.314 e. The van der Waals surface area contributed by atoms with Crippen molar-refractivity contribution in [1.29, 1.82) is 0 Å². The molecule has 0 heterocycles. The summed E-state index contributed by atoms with van der Waals surface area (Å²) in [7, 11) is 1.40. The fraction of sp³-hybridized carbons (Fsp3) is 0.417.